The number of hydrogen-bond donors (Lipinski definition) is 3. The standard InChI is InChI=1S/C18H20ClN3O2/c1-11(13-3-7-15(19)8-4-13)21-12(2)18(24)22-16-9-5-14(6-10-16)17(20)23/h3-12,21H,1-2H3,(H2,20,23)(H,22,24)/t11-,12-/m0/s1. The van der Waals surface area contributed by atoms with Crippen LogP contribution in [0.5, 0.6) is 0 Å². The Balaban J connectivity index is 1.93. The van der Waals surface area contributed by atoms with Crippen molar-refractivity contribution in [2.75, 3.05) is 5.32 Å². The quantitative estimate of drug-likeness (QED) is 0.752. The number of primary amides is 1. The van der Waals surface area contributed by atoms with Gasteiger partial charge in [-0.3, -0.25) is 14.9 Å². The van der Waals surface area contributed by atoms with Gasteiger partial charge in [0.2, 0.25) is 11.8 Å². The number of hydrogen-bond acceptors (Lipinski definition) is 3. The van der Waals surface area contributed by atoms with E-state index in [9.17, 15) is 9.59 Å². The highest BCUT2D eigenvalue weighted by Gasteiger charge is 2.16. The second-order valence-corrected chi connectivity index (χ2v) is 6.03. The lowest BCUT2D eigenvalue weighted by molar-refractivity contribution is -0.117. The Morgan fingerprint density at radius 1 is 1.00 bits per heavy atom. The molecule has 0 heterocycles. The molecule has 0 bridgehead atoms. The van der Waals surface area contributed by atoms with E-state index in [2.05, 4.69) is 10.6 Å². The van der Waals surface area contributed by atoms with Gasteiger partial charge in [-0.15, -0.1) is 0 Å². The number of carbonyl (C=O) groups is 2. The number of carbonyl (C=O) groups excluding carboxylic acids is 2. The van der Waals surface area contributed by atoms with Crippen molar-refractivity contribution in [1.29, 1.82) is 0 Å². The monoisotopic (exact) mass is 345 g/mol. The van der Waals surface area contributed by atoms with Crippen molar-refractivity contribution in [3.05, 3.63) is 64.7 Å². The van der Waals surface area contributed by atoms with Crippen LogP contribution in [-0.2, 0) is 4.79 Å². The van der Waals surface area contributed by atoms with Gasteiger partial charge in [0.05, 0.1) is 6.04 Å². The van der Waals surface area contributed by atoms with E-state index in [1.165, 1.54) is 0 Å². The summed E-state index contributed by atoms with van der Waals surface area (Å²) in [5.41, 5.74) is 7.24. The summed E-state index contributed by atoms with van der Waals surface area (Å²) in [6, 6.07) is 13.5. The summed E-state index contributed by atoms with van der Waals surface area (Å²) < 4.78 is 0. The lowest BCUT2D eigenvalue weighted by Crippen LogP contribution is -2.39. The first-order valence-corrected chi connectivity index (χ1v) is 7.97. The Labute approximate surface area is 146 Å². The summed E-state index contributed by atoms with van der Waals surface area (Å²) in [6.45, 7) is 3.77. The van der Waals surface area contributed by atoms with E-state index < -0.39 is 11.9 Å². The number of rotatable bonds is 6. The van der Waals surface area contributed by atoms with Gasteiger partial charge < -0.3 is 11.1 Å². The molecule has 2 aromatic rings. The SMILES string of the molecule is C[C@H](N[C@@H](C)c1ccc(Cl)cc1)C(=O)Nc1ccc(C(N)=O)cc1. The van der Waals surface area contributed by atoms with Crippen LogP contribution >= 0.6 is 11.6 Å². The maximum atomic E-state index is 12.3. The number of anilines is 1. The third-order valence-electron chi connectivity index (χ3n) is 3.70. The molecular formula is C18H20ClN3O2. The lowest BCUT2D eigenvalue weighted by Gasteiger charge is -2.20. The van der Waals surface area contributed by atoms with Crippen LogP contribution in [0.4, 0.5) is 5.69 Å². The molecule has 0 fully saturated rings. The maximum Gasteiger partial charge on any atom is 0.248 e. The van der Waals surface area contributed by atoms with E-state index in [1.54, 1.807) is 31.2 Å². The van der Waals surface area contributed by atoms with Gasteiger partial charge in [0, 0.05) is 22.3 Å². The Bertz CT molecular complexity index is 714. The third kappa shape index (κ3) is 4.81. The average Bonchev–Trinajstić information content (AvgIpc) is 2.55. The molecule has 2 rings (SSSR count). The highest BCUT2D eigenvalue weighted by atomic mass is 35.5. The fourth-order valence-corrected chi connectivity index (χ4v) is 2.39. The molecule has 0 unspecified atom stereocenters. The molecule has 0 spiro atoms. The first-order valence-electron chi connectivity index (χ1n) is 7.59. The Kier molecular flexibility index (Phi) is 5.95. The molecule has 0 saturated heterocycles. The summed E-state index contributed by atoms with van der Waals surface area (Å²) in [4.78, 5) is 23.3. The molecule has 2 atom stereocenters. The van der Waals surface area contributed by atoms with Crippen molar-refractivity contribution < 1.29 is 9.59 Å². The summed E-state index contributed by atoms with van der Waals surface area (Å²) >= 11 is 5.88. The Morgan fingerprint density at radius 3 is 2.12 bits per heavy atom. The molecule has 2 aromatic carbocycles. The van der Waals surface area contributed by atoms with E-state index in [1.807, 2.05) is 31.2 Å². The molecule has 0 aliphatic rings. The summed E-state index contributed by atoms with van der Waals surface area (Å²) in [5, 5.41) is 6.71. The highest BCUT2D eigenvalue weighted by molar-refractivity contribution is 6.30. The molecule has 0 radical (unpaired) electrons. The molecule has 2 amide bonds. The van der Waals surface area contributed by atoms with Crippen LogP contribution in [0, 0.1) is 0 Å². The second-order valence-electron chi connectivity index (χ2n) is 5.59. The van der Waals surface area contributed by atoms with Crippen LogP contribution < -0.4 is 16.4 Å². The van der Waals surface area contributed by atoms with E-state index >= 15 is 0 Å². The molecule has 24 heavy (non-hydrogen) atoms. The van der Waals surface area contributed by atoms with Gasteiger partial charge in [-0.1, -0.05) is 23.7 Å². The van der Waals surface area contributed by atoms with Gasteiger partial charge in [0.1, 0.15) is 0 Å². The zero-order valence-corrected chi connectivity index (χ0v) is 14.3. The molecule has 0 aromatic heterocycles. The first kappa shape index (κ1) is 18.0. The minimum Gasteiger partial charge on any atom is -0.366 e. The topological polar surface area (TPSA) is 84.2 Å². The maximum absolute atomic E-state index is 12.3. The number of benzene rings is 2. The fourth-order valence-electron chi connectivity index (χ4n) is 2.27. The normalized spacial score (nSPS) is 13.1. The second kappa shape index (κ2) is 7.95. The third-order valence-corrected chi connectivity index (χ3v) is 3.95. The van der Waals surface area contributed by atoms with Crippen LogP contribution in [-0.4, -0.2) is 17.9 Å². The molecule has 0 aliphatic carbocycles. The highest BCUT2D eigenvalue weighted by Crippen LogP contribution is 2.17. The van der Waals surface area contributed by atoms with E-state index in [-0.39, 0.29) is 11.9 Å². The van der Waals surface area contributed by atoms with Gasteiger partial charge in [0.15, 0.2) is 0 Å². The van der Waals surface area contributed by atoms with Gasteiger partial charge in [0.25, 0.3) is 0 Å². The minimum absolute atomic E-state index is 0.000235. The summed E-state index contributed by atoms with van der Waals surface area (Å²) in [5.74, 6) is -0.665. The van der Waals surface area contributed by atoms with Crippen molar-refractivity contribution in [2.24, 2.45) is 5.73 Å². The van der Waals surface area contributed by atoms with Gasteiger partial charge in [-0.25, -0.2) is 0 Å². The number of amides is 2. The fraction of sp³-hybridized carbons (Fsp3) is 0.222. The van der Waals surface area contributed by atoms with Crippen LogP contribution in [0.25, 0.3) is 0 Å². The van der Waals surface area contributed by atoms with Crippen molar-refractivity contribution in [2.45, 2.75) is 25.9 Å². The molecular weight excluding hydrogens is 326 g/mol. The smallest absolute Gasteiger partial charge is 0.248 e. The predicted molar refractivity (Wildman–Crippen MR) is 96.1 cm³/mol. The zero-order valence-electron chi connectivity index (χ0n) is 13.5. The van der Waals surface area contributed by atoms with Crippen molar-refractivity contribution in [1.82, 2.24) is 5.32 Å². The number of halogens is 1. The van der Waals surface area contributed by atoms with Crippen LogP contribution in [0.3, 0.4) is 0 Å². The van der Waals surface area contributed by atoms with Gasteiger partial charge >= 0.3 is 0 Å². The summed E-state index contributed by atoms with van der Waals surface area (Å²) in [7, 11) is 0. The average molecular weight is 346 g/mol. The molecule has 0 saturated carbocycles. The van der Waals surface area contributed by atoms with Crippen LogP contribution in [0.15, 0.2) is 48.5 Å². The number of nitrogens with one attached hydrogen (secondary N) is 2. The predicted octanol–water partition coefficient (Wildman–Crippen LogP) is 3.12. The molecule has 126 valence electrons. The Morgan fingerprint density at radius 2 is 1.58 bits per heavy atom. The van der Waals surface area contributed by atoms with Gasteiger partial charge in [-0.05, 0) is 55.8 Å². The van der Waals surface area contributed by atoms with Gasteiger partial charge in [-0.2, -0.15) is 0 Å². The number of nitrogens with two attached hydrogens (primary N) is 1. The van der Waals surface area contributed by atoms with Crippen LogP contribution in [0.1, 0.15) is 35.8 Å². The zero-order chi connectivity index (χ0) is 17.7. The molecule has 5 nitrogen and oxygen atoms in total. The van der Waals surface area contributed by atoms with Crippen molar-refractivity contribution in [3.63, 3.8) is 0 Å². The van der Waals surface area contributed by atoms with E-state index in [0.717, 1.165) is 5.56 Å². The van der Waals surface area contributed by atoms with E-state index in [0.29, 0.717) is 16.3 Å². The first-order chi connectivity index (χ1) is 11.4. The van der Waals surface area contributed by atoms with E-state index in [4.69, 9.17) is 17.3 Å². The molecule has 4 N–H and O–H groups in total. The molecule has 6 heteroatoms. The minimum atomic E-state index is -0.500. The molecule has 0 aliphatic heterocycles. The Hall–Kier alpha value is -2.37. The lowest BCUT2D eigenvalue weighted by atomic mass is 10.1. The summed E-state index contributed by atoms with van der Waals surface area (Å²) in [6.07, 6.45) is 0. The largest absolute Gasteiger partial charge is 0.366 e. The van der Waals surface area contributed by atoms with Crippen LogP contribution in [0.2, 0.25) is 5.02 Å². The van der Waals surface area contributed by atoms with Crippen molar-refractivity contribution in [3.8, 4) is 0 Å². The van der Waals surface area contributed by atoms with Crippen molar-refractivity contribution >= 4 is 29.1 Å².